The van der Waals surface area contributed by atoms with Crippen molar-refractivity contribution in [3.8, 4) is 5.75 Å². The van der Waals surface area contributed by atoms with E-state index < -0.39 is 5.91 Å². The number of carbonyl (C=O) groups is 2. The van der Waals surface area contributed by atoms with Gasteiger partial charge in [-0.3, -0.25) is 14.6 Å². The monoisotopic (exact) mass is 506 g/mol. The summed E-state index contributed by atoms with van der Waals surface area (Å²) >= 11 is 6.51. The van der Waals surface area contributed by atoms with Gasteiger partial charge in [-0.15, -0.1) is 0 Å². The first-order chi connectivity index (χ1) is 17.0. The molecule has 2 aromatic heterocycles. The van der Waals surface area contributed by atoms with Gasteiger partial charge in [0.1, 0.15) is 17.3 Å². The van der Waals surface area contributed by atoms with Gasteiger partial charge in [-0.2, -0.15) is 0 Å². The maximum atomic E-state index is 12.6. The van der Waals surface area contributed by atoms with Crippen LogP contribution >= 0.6 is 11.6 Å². The Morgan fingerprint density at radius 3 is 2.53 bits per heavy atom. The maximum Gasteiger partial charge on any atom is 0.252 e. The second-order valence-electron chi connectivity index (χ2n) is 9.55. The molecule has 0 atom stereocenters. The molecule has 36 heavy (non-hydrogen) atoms. The number of ether oxygens (including phenoxy) is 1. The van der Waals surface area contributed by atoms with Crippen molar-refractivity contribution in [2.24, 2.45) is 5.73 Å². The number of rotatable bonds is 8. The molecule has 2 heterocycles. The van der Waals surface area contributed by atoms with Gasteiger partial charge in [-0.05, 0) is 29.8 Å². The SMILES string of the molecule is COc1cc2nccc(Nc3ccc(CC(=O)Cc4cc(C(C)(C)C)on4)c(Cl)c3)c2cc1C(N)=O. The Balaban J connectivity index is 1.51. The summed E-state index contributed by atoms with van der Waals surface area (Å²) in [6, 6.07) is 12.3. The van der Waals surface area contributed by atoms with Crippen molar-refractivity contribution >= 4 is 45.6 Å². The number of nitrogens with two attached hydrogens (primary N) is 1. The highest BCUT2D eigenvalue weighted by Crippen LogP contribution is 2.32. The van der Waals surface area contributed by atoms with Crippen LogP contribution in [0.2, 0.25) is 5.02 Å². The summed E-state index contributed by atoms with van der Waals surface area (Å²) in [6.07, 6.45) is 2.00. The van der Waals surface area contributed by atoms with Crippen molar-refractivity contribution in [2.45, 2.75) is 39.0 Å². The number of hydrogen-bond donors (Lipinski definition) is 2. The predicted molar refractivity (Wildman–Crippen MR) is 139 cm³/mol. The zero-order valence-corrected chi connectivity index (χ0v) is 21.3. The summed E-state index contributed by atoms with van der Waals surface area (Å²) in [5, 5.41) is 8.48. The molecular weight excluding hydrogens is 480 g/mol. The Labute approximate surface area is 213 Å². The van der Waals surface area contributed by atoms with Crippen LogP contribution in [0.5, 0.6) is 5.75 Å². The number of halogens is 1. The van der Waals surface area contributed by atoms with Crippen LogP contribution in [0, 0.1) is 0 Å². The number of fused-ring (bicyclic) bond motifs is 1. The molecule has 0 aliphatic heterocycles. The summed E-state index contributed by atoms with van der Waals surface area (Å²) in [6.45, 7) is 6.07. The minimum absolute atomic E-state index is 0.0144. The van der Waals surface area contributed by atoms with Crippen molar-refractivity contribution in [3.63, 3.8) is 0 Å². The van der Waals surface area contributed by atoms with Crippen molar-refractivity contribution < 1.29 is 18.8 Å². The number of primary amides is 1. The number of benzene rings is 2. The molecule has 0 bridgehead atoms. The molecule has 2 aromatic carbocycles. The van der Waals surface area contributed by atoms with Crippen LogP contribution in [0.4, 0.5) is 11.4 Å². The van der Waals surface area contributed by atoms with Gasteiger partial charge in [0.25, 0.3) is 5.91 Å². The van der Waals surface area contributed by atoms with E-state index in [4.69, 9.17) is 26.6 Å². The highest BCUT2D eigenvalue weighted by atomic mass is 35.5. The Morgan fingerprint density at radius 1 is 1.11 bits per heavy atom. The molecule has 186 valence electrons. The molecular formula is C27H27ClN4O4. The number of carbonyl (C=O) groups excluding carboxylic acids is 2. The Kier molecular flexibility index (Phi) is 6.99. The molecule has 0 spiro atoms. The first kappa shape index (κ1) is 25.2. The molecule has 0 saturated carbocycles. The maximum absolute atomic E-state index is 12.6. The third kappa shape index (κ3) is 5.49. The Morgan fingerprint density at radius 2 is 1.89 bits per heavy atom. The lowest BCUT2D eigenvalue weighted by Crippen LogP contribution is -2.12. The summed E-state index contributed by atoms with van der Waals surface area (Å²) in [4.78, 5) is 28.9. The Bertz CT molecular complexity index is 1460. The third-order valence-electron chi connectivity index (χ3n) is 5.72. The van der Waals surface area contributed by atoms with Gasteiger partial charge in [-0.1, -0.05) is 43.6 Å². The van der Waals surface area contributed by atoms with Crippen molar-refractivity contribution in [1.82, 2.24) is 10.1 Å². The van der Waals surface area contributed by atoms with Gasteiger partial charge >= 0.3 is 0 Å². The van der Waals surface area contributed by atoms with E-state index in [1.165, 1.54) is 7.11 Å². The van der Waals surface area contributed by atoms with Crippen LogP contribution in [0.15, 0.2) is 53.2 Å². The van der Waals surface area contributed by atoms with E-state index in [-0.39, 0.29) is 29.6 Å². The summed E-state index contributed by atoms with van der Waals surface area (Å²) in [5.41, 5.74) is 8.99. The predicted octanol–water partition coefficient (Wildman–Crippen LogP) is 5.38. The first-order valence-electron chi connectivity index (χ1n) is 11.3. The number of nitrogens with zero attached hydrogens (tertiary/aromatic N) is 2. The molecule has 0 fully saturated rings. The van der Waals surface area contributed by atoms with Gasteiger partial charge < -0.3 is 20.3 Å². The van der Waals surface area contributed by atoms with Gasteiger partial charge in [0.15, 0.2) is 0 Å². The molecule has 4 rings (SSSR count). The average Bonchev–Trinajstić information content (AvgIpc) is 3.29. The summed E-state index contributed by atoms with van der Waals surface area (Å²) in [7, 11) is 1.47. The van der Waals surface area contributed by atoms with Gasteiger partial charge in [0.05, 0.1) is 30.3 Å². The fourth-order valence-corrected chi connectivity index (χ4v) is 4.04. The van der Waals surface area contributed by atoms with Crippen molar-refractivity contribution in [3.05, 3.63) is 76.3 Å². The van der Waals surface area contributed by atoms with Gasteiger partial charge in [-0.25, -0.2) is 0 Å². The first-order valence-corrected chi connectivity index (χ1v) is 11.7. The number of nitrogens with one attached hydrogen (secondary N) is 1. The molecule has 3 N–H and O–H groups in total. The molecule has 1 amide bonds. The smallest absolute Gasteiger partial charge is 0.252 e. The number of Topliss-reactive ketones (excluding diaryl/α,β-unsaturated/α-hetero) is 1. The minimum Gasteiger partial charge on any atom is -0.496 e. The number of hydrogen-bond acceptors (Lipinski definition) is 7. The second-order valence-corrected chi connectivity index (χ2v) is 9.96. The lowest BCUT2D eigenvalue weighted by Gasteiger charge is -2.13. The quantitative estimate of drug-likeness (QED) is 0.329. The molecule has 0 radical (unpaired) electrons. The number of pyridine rings is 1. The highest BCUT2D eigenvalue weighted by Gasteiger charge is 2.21. The van der Waals surface area contributed by atoms with Crippen LogP contribution in [-0.4, -0.2) is 28.9 Å². The number of aromatic nitrogens is 2. The van der Waals surface area contributed by atoms with Crippen molar-refractivity contribution in [1.29, 1.82) is 0 Å². The van der Waals surface area contributed by atoms with Crippen LogP contribution < -0.4 is 15.8 Å². The molecule has 4 aromatic rings. The lowest BCUT2D eigenvalue weighted by atomic mass is 9.93. The average molecular weight is 507 g/mol. The van der Waals surface area contributed by atoms with Crippen LogP contribution in [0.25, 0.3) is 10.9 Å². The van der Waals surface area contributed by atoms with E-state index in [9.17, 15) is 9.59 Å². The molecule has 9 heteroatoms. The molecule has 0 aliphatic carbocycles. The molecule has 0 unspecified atom stereocenters. The van der Waals surface area contributed by atoms with Crippen molar-refractivity contribution in [2.75, 3.05) is 12.4 Å². The molecule has 8 nitrogen and oxygen atoms in total. The zero-order chi connectivity index (χ0) is 26.0. The van der Waals surface area contributed by atoms with Gasteiger partial charge in [0.2, 0.25) is 0 Å². The number of anilines is 2. The Hall–Kier alpha value is -3.91. The highest BCUT2D eigenvalue weighted by molar-refractivity contribution is 6.31. The largest absolute Gasteiger partial charge is 0.496 e. The van der Waals surface area contributed by atoms with Crippen LogP contribution in [0.1, 0.15) is 48.1 Å². The van der Waals surface area contributed by atoms with Gasteiger partial charge in [0, 0.05) is 51.9 Å². The molecule has 0 aliphatic rings. The third-order valence-corrected chi connectivity index (χ3v) is 6.08. The number of ketones is 1. The zero-order valence-electron chi connectivity index (χ0n) is 20.5. The van der Waals surface area contributed by atoms with E-state index in [1.54, 1.807) is 30.5 Å². The van der Waals surface area contributed by atoms with E-state index in [2.05, 4.69) is 15.5 Å². The standard InChI is InChI=1S/C27H27ClN4O4/c1-27(2,3)25-12-17(32-36-25)10-18(33)9-15-5-6-16(11-21(15)28)31-22-7-8-30-23-14-24(35-4)20(26(29)34)13-19(22)23/h5-8,11-14H,9-10H2,1-4H3,(H2,29,34)(H,30,31). The van der Waals surface area contributed by atoms with E-state index in [0.717, 1.165) is 5.76 Å². The van der Waals surface area contributed by atoms with Crippen LogP contribution in [-0.2, 0) is 23.1 Å². The lowest BCUT2D eigenvalue weighted by molar-refractivity contribution is -0.117. The number of amides is 1. The normalized spacial score (nSPS) is 11.5. The summed E-state index contributed by atoms with van der Waals surface area (Å²) < 4.78 is 10.6. The van der Waals surface area contributed by atoms with E-state index >= 15 is 0 Å². The molecule has 0 saturated heterocycles. The summed E-state index contributed by atoms with van der Waals surface area (Å²) in [5.74, 6) is 0.487. The van der Waals surface area contributed by atoms with E-state index in [0.29, 0.717) is 44.3 Å². The fourth-order valence-electron chi connectivity index (χ4n) is 3.79. The number of methoxy groups -OCH3 is 1. The minimum atomic E-state index is -0.596. The topological polar surface area (TPSA) is 120 Å². The second kappa shape index (κ2) is 9.99. The van der Waals surface area contributed by atoms with Crippen LogP contribution in [0.3, 0.4) is 0 Å². The fraction of sp³-hybridized carbons (Fsp3) is 0.259. The van der Waals surface area contributed by atoms with E-state index in [1.807, 2.05) is 39.0 Å².